The van der Waals surface area contributed by atoms with E-state index in [1.54, 1.807) is 36.3 Å². The van der Waals surface area contributed by atoms with E-state index in [0.29, 0.717) is 36.2 Å². The van der Waals surface area contributed by atoms with Gasteiger partial charge in [0, 0.05) is 30.8 Å². The van der Waals surface area contributed by atoms with Crippen LogP contribution >= 0.6 is 23.7 Å². The maximum Gasteiger partial charge on any atom is 0.260 e. The molecule has 2 heterocycles. The van der Waals surface area contributed by atoms with Crippen molar-refractivity contribution >= 4 is 45.0 Å². The van der Waals surface area contributed by atoms with Crippen molar-refractivity contribution in [3.63, 3.8) is 0 Å². The number of rotatable bonds is 8. The number of carbonyl (C=O) groups is 1. The highest BCUT2D eigenvalue weighted by Crippen LogP contribution is 2.39. The van der Waals surface area contributed by atoms with Crippen LogP contribution in [0.3, 0.4) is 0 Å². The van der Waals surface area contributed by atoms with E-state index in [-0.39, 0.29) is 18.3 Å². The van der Waals surface area contributed by atoms with Crippen molar-refractivity contribution in [1.29, 1.82) is 0 Å². The summed E-state index contributed by atoms with van der Waals surface area (Å²) in [5.41, 5.74) is 1.41. The summed E-state index contributed by atoms with van der Waals surface area (Å²) in [6.07, 6.45) is 0. The summed E-state index contributed by atoms with van der Waals surface area (Å²) in [5, 5.41) is 0.672. The summed E-state index contributed by atoms with van der Waals surface area (Å²) < 4.78 is 17.6. The van der Waals surface area contributed by atoms with Gasteiger partial charge in [-0.05, 0) is 37.4 Å². The van der Waals surface area contributed by atoms with E-state index in [2.05, 4.69) is 18.7 Å². The largest absolute Gasteiger partial charge is 0.497 e. The predicted molar refractivity (Wildman–Crippen MR) is 130 cm³/mol. The molecule has 0 atom stereocenters. The number of aromatic nitrogens is 1. The third-order valence-corrected chi connectivity index (χ3v) is 6.43. The maximum atomic E-state index is 13.5. The maximum absolute atomic E-state index is 13.5. The molecular formula is C23H28ClN3O4S. The molecule has 32 heavy (non-hydrogen) atoms. The van der Waals surface area contributed by atoms with Gasteiger partial charge in [-0.15, -0.1) is 12.4 Å². The summed E-state index contributed by atoms with van der Waals surface area (Å²) in [6, 6.07) is 11.0. The molecule has 0 spiro atoms. The van der Waals surface area contributed by atoms with E-state index in [4.69, 9.17) is 19.2 Å². The molecular weight excluding hydrogens is 450 g/mol. The SMILES string of the molecule is CCN(CC)CCN(C(=O)c1ccc(OC)cc1)c1nc2cc3c(cc2s1)OCCO3.Cl. The van der Waals surface area contributed by atoms with Crippen LogP contribution in [-0.4, -0.2) is 62.3 Å². The van der Waals surface area contributed by atoms with Crippen LogP contribution in [0.5, 0.6) is 17.2 Å². The Hall–Kier alpha value is -2.55. The van der Waals surface area contributed by atoms with E-state index < -0.39 is 0 Å². The molecule has 0 fully saturated rings. The van der Waals surface area contributed by atoms with Gasteiger partial charge in [0.05, 0.1) is 17.3 Å². The number of hydrogen-bond acceptors (Lipinski definition) is 7. The Morgan fingerprint density at radius 3 is 2.34 bits per heavy atom. The number of anilines is 1. The van der Waals surface area contributed by atoms with E-state index in [1.165, 1.54) is 11.3 Å². The lowest BCUT2D eigenvalue weighted by Crippen LogP contribution is -2.38. The third kappa shape index (κ3) is 5.09. The van der Waals surface area contributed by atoms with Crippen LogP contribution in [0.1, 0.15) is 24.2 Å². The number of fused-ring (bicyclic) bond motifs is 2. The zero-order valence-electron chi connectivity index (χ0n) is 18.5. The minimum absolute atomic E-state index is 0. The average Bonchev–Trinajstić information content (AvgIpc) is 3.22. The van der Waals surface area contributed by atoms with Crippen LogP contribution in [0.15, 0.2) is 36.4 Å². The fourth-order valence-corrected chi connectivity index (χ4v) is 4.52. The molecule has 2 aromatic carbocycles. The van der Waals surface area contributed by atoms with Crippen LogP contribution in [0.2, 0.25) is 0 Å². The lowest BCUT2D eigenvalue weighted by molar-refractivity contribution is 0.0983. The zero-order valence-corrected chi connectivity index (χ0v) is 20.1. The molecule has 1 aromatic heterocycles. The molecule has 0 unspecified atom stereocenters. The van der Waals surface area contributed by atoms with Crippen molar-refractivity contribution in [2.75, 3.05) is 51.4 Å². The van der Waals surface area contributed by atoms with Crippen LogP contribution in [-0.2, 0) is 0 Å². The van der Waals surface area contributed by atoms with Crippen molar-refractivity contribution in [2.45, 2.75) is 13.8 Å². The predicted octanol–water partition coefficient (Wildman–Crippen LogP) is 4.49. The molecule has 3 aromatic rings. The van der Waals surface area contributed by atoms with E-state index in [1.807, 2.05) is 12.1 Å². The Morgan fingerprint density at radius 1 is 1.06 bits per heavy atom. The Kier molecular flexibility index (Phi) is 8.17. The number of ether oxygens (including phenoxy) is 3. The normalized spacial score (nSPS) is 12.5. The van der Waals surface area contributed by atoms with Crippen molar-refractivity contribution in [3.8, 4) is 17.2 Å². The van der Waals surface area contributed by atoms with E-state index in [9.17, 15) is 4.79 Å². The fraction of sp³-hybridized carbons (Fsp3) is 0.391. The molecule has 0 radical (unpaired) electrons. The monoisotopic (exact) mass is 477 g/mol. The summed E-state index contributed by atoms with van der Waals surface area (Å²) in [5.74, 6) is 2.07. The van der Waals surface area contributed by atoms with Crippen molar-refractivity contribution < 1.29 is 19.0 Å². The molecule has 172 valence electrons. The third-order valence-electron chi connectivity index (χ3n) is 5.39. The molecule has 4 rings (SSSR count). The number of carbonyl (C=O) groups excluding carboxylic acids is 1. The number of halogens is 1. The van der Waals surface area contributed by atoms with Gasteiger partial charge in [0.15, 0.2) is 16.6 Å². The number of amides is 1. The summed E-state index contributed by atoms with van der Waals surface area (Å²) >= 11 is 1.49. The van der Waals surface area contributed by atoms with E-state index >= 15 is 0 Å². The number of benzene rings is 2. The van der Waals surface area contributed by atoms with Gasteiger partial charge in [0.2, 0.25) is 0 Å². The lowest BCUT2D eigenvalue weighted by atomic mass is 10.2. The van der Waals surface area contributed by atoms with Crippen LogP contribution in [0.4, 0.5) is 5.13 Å². The Labute approximate surface area is 198 Å². The van der Waals surface area contributed by atoms with Gasteiger partial charge in [-0.3, -0.25) is 9.69 Å². The Morgan fingerprint density at radius 2 is 1.72 bits per heavy atom. The Bertz CT molecular complexity index is 1010. The summed E-state index contributed by atoms with van der Waals surface area (Å²) in [6.45, 7) is 8.51. The minimum atomic E-state index is -0.0777. The fourth-order valence-electron chi connectivity index (χ4n) is 3.52. The first-order chi connectivity index (χ1) is 15.1. The van der Waals surface area contributed by atoms with E-state index in [0.717, 1.165) is 41.3 Å². The van der Waals surface area contributed by atoms with Gasteiger partial charge in [-0.25, -0.2) is 4.98 Å². The molecule has 0 N–H and O–H groups in total. The molecule has 0 saturated heterocycles. The number of methoxy groups -OCH3 is 1. The number of likely N-dealkylation sites (N-methyl/N-ethyl adjacent to an activating group) is 1. The molecule has 0 aliphatic carbocycles. The van der Waals surface area contributed by atoms with Crippen molar-refractivity contribution in [3.05, 3.63) is 42.0 Å². The molecule has 0 saturated carbocycles. The van der Waals surface area contributed by atoms with Gasteiger partial charge in [0.1, 0.15) is 19.0 Å². The second-order valence-electron chi connectivity index (χ2n) is 7.17. The highest BCUT2D eigenvalue weighted by molar-refractivity contribution is 7.22. The number of nitrogens with zero attached hydrogens (tertiary/aromatic N) is 3. The van der Waals surface area contributed by atoms with Gasteiger partial charge in [-0.2, -0.15) is 0 Å². The quantitative estimate of drug-likeness (QED) is 0.476. The molecule has 1 aliphatic rings. The summed E-state index contributed by atoms with van der Waals surface area (Å²) in [4.78, 5) is 22.3. The molecule has 9 heteroatoms. The molecule has 1 aliphatic heterocycles. The second-order valence-corrected chi connectivity index (χ2v) is 8.18. The number of thiazole rings is 1. The van der Waals surface area contributed by atoms with Gasteiger partial charge < -0.3 is 19.1 Å². The number of hydrogen-bond donors (Lipinski definition) is 0. The first-order valence-electron chi connectivity index (χ1n) is 10.5. The zero-order chi connectivity index (χ0) is 21.8. The first-order valence-corrected chi connectivity index (χ1v) is 11.3. The second kappa shape index (κ2) is 10.8. The highest BCUT2D eigenvalue weighted by atomic mass is 35.5. The Balaban J connectivity index is 0.00000289. The van der Waals surface area contributed by atoms with Crippen molar-refractivity contribution in [1.82, 2.24) is 9.88 Å². The minimum Gasteiger partial charge on any atom is -0.497 e. The summed E-state index contributed by atoms with van der Waals surface area (Å²) in [7, 11) is 1.61. The first kappa shape index (κ1) is 24.1. The molecule has 0 bridgehead atoms. The lowest BCUT2D eigenvalue weighted by Gasteiger charge is -2.24. The van der Waals surface area contributed by atoms with Crippen LogP contribution < -0.4 is 19.1 Å². The van der Waals surface area contributed by atoms with Gasteiger partial charge >= 0.3 is 0 Å². The van der Waals surface area contributed by atoms with Gasteiger partial charge in [0.25, 0.3) is 5.91 Å². The molecule has 1 amide bonds. The smallest absolute Gasteiger partial charge is 0.260 e. The topological polar surface area (TPSA) is 64.1 Å². The van der Waals surface area contributed by atoms with Crippen molar-refractivity contribution in [2.24, 2.45) is 0 Å². The standard InChI is InChI=1S/C23H27N3O4S.ClH/c1-4-25(5-2)10-11-26(22(27)16-6-8-17(28-3)9-7-16)23-24-18-14-19-20(15-21(18)31-23)30-13-12-29-19;/h6-9,14-15H,4-5,10-13H2,1-3H3;1H. The van der Waals surface area contributed by atoms with Crippen LogP contribution in [0.25, 0.3) is 10.2 Å². The average molecular weight is 478 g/mol. The van der Waals surface area contributed by atoms with Gasteiger partial charge in [-0.1, -0.05) is 25.2 Å². The highest BCUT2D eigenvalue weighted by Gasteiger charge is 2.23. The molecule has 7 nitrogen and oxygen atoms in total. The van der Waals surface area contributed by atoms with Crippen LogP contribution in [0, 0.1) is 0 Å².